The Kier molecular flexibility index (Phi) is 4.31. The maximum absolute atomic E-state index is 12.0. The van der Waals surface area contributed by atoms with Crippen LogP contribution in [0.2, 0.25) is 0 Å². The van der Waals surface area contributed by atoms with Crippen molar-refractivity contribution in [3.8, 4) is 0 Å². The van der Waals surface area contributed by atoms with E-state index >= 15 is 0 Å². The number of rotatable bonds is 4. The summed E-state index contributed by atoms with van der Waals surface area (Å²) in [6.45, 7) is -1.10. The van der Waals surface area contributed by atoms with E-state index in [1.807, 2.05) is 0 Å². The number of nitrogens with one attached hydrogen (secondary N) is 1. The molecule has 2 nitrogen and oxygen atoms in total. The first kappa shape index (κ1) is 13.1. The molecule has 17 heavy (non-hydrogen) atoms. The van der Waals surface area contributed by atoms with E-state index in [0.29, 0.717) is 12.1 Å². The maximum atomic E-state index is 12.0. The Morgan fingerprint density at radius 3 is 2.24 bits per heavy atom. The van der Waals surface area contributed by atoms with Crippen LogP contribution in [0, 0.1) is 0 Å². The van der Waals surface area contributed by atoms with E-state index in [0.717, 1.165) is 25.7 Å². The number of hydrogen-bond donors (Lipinski definition) is 1. The lowest BCUT2D eigenvalue weighted by Crippen LogP contribution is -2.45. The fourth-order valence-corrected chi connectivity index (χ4v) is 2.57. The molecule has 0 aromatic heterocycles. The fourth-order valence-electron chi connectivity index (χ4n) is 2.57. The number of hydrogen-bond acceptors (Lipinski definition) is 2. The molecule has 2 saturated carbocycles. The third kappa shape index (κ3) is 4.47. The van der Waals surface area contributed by atoms with E-state index in [4.69, 9.17) is 4.74 Å². The quantitative estimate of drug-likeness (QED) is 0.829. The Bertz CT molecular complexity index is 240. The molecule has 0 amide bonds. The maximum Gasteiger partial charge on any atom is 0.411 e. The minimum atomic E-state index is -4.20. The van der Waals surface area contributed by atoms with Crippen molar-refractivity contribution in [2.75, 3.05) is 6.61 Å². The molecule has 2 unspecified atom stereocenters. The first-order valence-corrected chi connectivity index (χ1v) is 6.47. The van der Waals surface area contributed by atoms with Gasteiger partial charge in [0.25, 0.3) is 0 Å². The summed E-state index contributed by atoms with van der Waals surface area (Å²) in [5.41, 5.74) is 0. The van der Waals surface area contributed by atoms with Crippen molar-refractivity contribution in [2.45, 2.75) is 69.3 Å². The van der Waals surface area contributed by atoms with Crippen molar-refractivity contribution in [3.05, 3.63) is 0 Å². The highest BCUT2D eigenvalue weighted by molar-refractivity contribution is 4.85. The van der Waals surface area contributed by atoms with Crippen LogP contribution in [0.15, 0.2) is 0 Å². The van der Waals surface area contributed by atoms with Gasteiger partial charge in [0.15, 0.2) is 0 Å². The summed E-state index contributed by atoms with van der Waals surface area (Å²) in [5, 5.41) is 3.52. The molecular weight excluding hydrogens is 231 g/mol. The summed E-state index contributed by atoms with van der Waals surface area (Å²) < 4.78 is 41.1. The Labute approximate surface area is 99.9 Å². The summed E-state index contributed by atoms with van der Waals surface area (Å²) in [5.74, 6) is 0. The van der Waals surface area contributed by atoms with Crippen molar-refractivity contribution in [1.29, 1.82) is 0 Å². The number of halogens is 3. The molecule has 0 bridgehead atoms. The van der Waals surface area contributed by atoms with Crippen molar-refractivity contribution in [1.82, 2.24) is 5.32 Å². The van der Waals surface area contributed by atoms with Crippen LogP contribution in [0.5, 0.6) is 0 Å². The lowest BCUT2D eigenvalue weighted by molar-refractivity contribution is -0.188. The van der Waals surface area contributed by atoms with E-state index in [9.17, 15) is 13.2 Å². The lowest BCUT2D eigenvalue weighted by atomic mass is 9.88. The molecule has 2 atom stereocenters. The Hall–Kier alpha value is -0.290. The highest BCUT2D eigenvalue weighted by atomic mass is 19.4. The summed E-state index contributed by atoms with van der Waals surface area (Å²) in [6, 6.07) is 0.952. The molecule has 0 spiro atoms. The van der Waals surface area contributed by atoms with Gasteiger partial charge in [-0.15, -0.1) is 0 Å². The van der Waals surface area contributed by atoms with Gasteiger partial charge in [-0.1, -0.05) is 6.42 Å². The Morgan fingerprint density at radius 2 is 1.65 bits per heavy atom. The van der Waals surface area contributed by atoms with Crippen molar-refractivity contribution in [2.24, 2.45) is 0 Å². The molecule has 0 radical (unpaired) electrons. The third-order valence-corrected chi connectivity index (χ3v) is 3.69. The molecule has 0 heterocycles. The van der Waals surface area contributed by atoms with E-state index in [1.165, 1.54) is 19.3 Å². The summed E-state index contributed by atoms with van der Waals surface area (Å²) >= 11 is 0. The Morgan fingerprint density at radius 1 is 1.00 bits per heavy atom. The highest BCUT2D eigenvalue weighted by Gasteiger charge is 2.32. The number of ether oxygens (including phenoxy) is 1. The van der Waals surface area contributed by atoms with Crippen LogP contribution >= 0.6 is 0 Å². The molecule has 0 aliphatic heterocycles. The average molecular weight is 251 g/mol. The van der Waals surface area contributed by atoms with Gasteiger partial charge in [0.05, 0.1) is 6.10 Å². The minimum Gasteiger partial charge on any atom is -0.369 e. The first-order valence-electron chi connectivity index (χ1n) is 6.47. The molecule has 0 saturated heterocycles. The van der Waals surface area contributed by atoms with Gasteiger partial charge in [-0.3, -0.25) is 0 Å². The van der Waals surface area contributed by atoms with Crippen LogP contribution in [-0.4, -0.2) is 31.0 Å². The van der Waals surface area contributed by atoms with E-state index in [2.05, 4.69) is 5.32 Å². The fraction of sp³-hybridized carbons (Fsp3) is 1.00. The van der Waals surface area contributed by atoms with Gasteiger partial charge in [-0.25, -0.2) is 0 Å². The molecule has 5 heteroatoms. The second kappa shape index (κ2) is 5.57. The molecule has 2 rings (SSSR count). The standard InChI is InChI=1S/C12H20F3NO/c13-12(14,15)8-17-11-6-2-5-10(7-11)16-9-3-1-4-9/h9-11,16H,1-8H2. The van der Waals surface area contributed by atoms with Gasteiger partial charge in [-0.2, -0.15) is 13.2 Å². The second-order valence-electron chi connectivity index (χ2n) is 5.21. The van der Waals surface area contributed by atoms with Gasteiger partial charge < -0.3 is 10.1 Å². The molecule has 1 N–H and O–H groups in total. The zero-order valence-electron chi connectivity index (χ0n) is 9.93. The molecule has 100 valence electrons. The summed E-state index contributed by atoms with van der Waals surface area (Å²) in [4.78, 5) is 0. The van der Waals surface area contributed by atoms with Gasteiger partial charge in [-0.05, 0) is 38.5 Å². The normalized spacial score (nSPS) is 31.2. The largest absolute Gasteiger partial charge is 0.411 e. The van der Waals surface area contributed by atoms with E-state index < -0.39 is 12.8 Å². The zero-order chi connectivity index (χ0) is 12.3. The average Bonchev–Trinajstić information content (AvgIpc) is 2.20. The van der Waals surface area contributed by atoms with E-state index in [1.54, 1.807) is 0 Å². The van der Waals surface area contributed by atoms with Crippen LogP contribution in [0.3, 0.4) is 0 Å². The van der Waals surface area contributed by atoms with Crippen molar-refractivity contribution < 1.29 is 17.9 Å². The van der Waals surface area contributed by atoms with Crippen LogP contribution in [-0.2, 0) is 4.74 Å². The topological polar surface area (TPSA) is 21.3 Å². The molecule has 0 aromatic rings. The predicted octanol–water partition coefficient (Wildman–Crippen LogP) is 3.02. The van der Waals surface area contributed by atoms with Gasteiger partial charge in [0.2, 0.25) is 0 Å². The van der Waals surface area contributed by atoms with Crippen LogP contribution in [0.25, 0.3) is 0 Å². The van der Waals surface area contributed by atoms with Crippen molar-refractivity contribution in [3.63, 3.8) is 0 Å². The second-order valence-corrected chi connectivity index (χ2v) is 5.21. The molecule has 2 aliphatic rings. The van der Waals surface area contributed by atoms with Gasteiger partial charge >= 0.3 is 6.18 Å². The lowest BCUT2D eigenvalue weighted by Gasteiger charge is -2.36. The minimum absolute atomic E-state index is 0.219. The third-order valence-electron chi connectivity index (χ3n) is 3.69. The summed E-state index contributed by atoms with van der Waals surface area (Å²) in [6.07, 6.45) is 2.81. The smallest absolute Gasteiger partial charge is 0.369 e. The zero-order valence-corrected chi connectivity index (χ0v) is 9.93. The van der Waals surface area contributed by atoms with Crippen LogP contribution < -0.4 is 5.32 Å². The van der Waals surface area contributed by atoms with Gasteiger partial charge in [0.1, 0.15) is 6.61 Å². The predicted molar refractivity (Wildman–Crippen MR) is 58.8 cm³/mol. The number of alkyl halides is 3. The molecule has 2 fully saturated rings. The SMILES string of the molecule is FC(F)(F)COC1CCCC(NC2CCC2)C1. The highest BCUT2D eigenvalue weighted by Crippen LogP contribution is 2.26. The molecule has 2 aliphatic carbocycles. The van der Waals surface area contributed by atoms with Crippen LogP contribution in [0.4, 0.5) is 13.2 Å². The van der Waals surface area contributed by atoms with Crippen LogP contribution in [0.1, 0.15) is 44.9 Å². The van der Waals surface area contributed by atoms with Crippen molar-refractivity contribution >= 4 is 0 Å². The van der Waals surface area contributed by atoms with E-state index in [-0.39, 0.29) is 6.10 Å². The molecule has 0 aromatic carbocycles. The molecular formula is C12H20F3NO. The first-order chi connectivity index (χ1) is 8.03. The van der Waals surface area contributed by atoms with Gasteiger partial charge in [0, 0.05) is 12.1 Å². The monoisotopic (exact) mass is 251 g/mol. The summed E-state index contributed by atoms with van der Waals surface area (Å²) in [7, 11) is 0. The Balaban J connectivity index is 1.68.